The molecule has 0 fully saturated rings. The van der Waals surface area contributed by atoms with E-state index >= 15 is 0 Å². The lowest BCUT2D eigenvalue weighted by Crippen LogP contribution is -2.05. The smallest absolute Gasteiger partial charge is 0.220 e. The Morgan fingerprint density at radius 1 is 1.08 bits per heavy atom. The normalized spacial score (nSPS) is 11.5. The molecular weight excluding hydrogens is 302 g/mol. The van der Waals surface area contributed by atoms with Crippen LogP contribution in [0.2, 0.25) is 0 Å². The van der Waals surface area contributed by atoms with Crippen LogP contribution in [0.3, 0.4) is 0 Å². The molecule has 0 saturated carbocycles. The number of nitrogens with zero attached hydrogens (tertiary/aromatic N) is 1. The maximum Gasteiger partial charge on any atom is 0.220 e. The Morgan fingerprint density at radius 2 is 1.92 bits per heavy atom. The fraction of sp³-hybridized carbons (Fsp3) is 0.250. The number of hydrogen-bond acceptors (Lipinski definition) is 4. The number of para-hydroxylation sites is 2. The van der Waals surface area contributed by atoms with Gasteiger partial charge in [0.1, 0.15) is 5.52 Å². The molecule has 0 unspecified atom stereocenters. The van der Waals surface area contributed by atoms with Crippen LogP contribution >= 0.6 is 0 Å². The predicted octanol–water partition coefficient (Wildman–Crippen LogP) is 5.04. The van der Waals surface area contributed by atoms with Crippen molar-refractivity contribution in [3.63, 3.8) is 0 Å². The molecular formula is C20H21NO3. The van der Waals surface area contributed by atoms with Gasteiger partial charge in [0, 0.05) is 6.08 Å². The fourth-order valence-corrected chi connectivity index (χ4v) is 2.30. The molecule has 0 atom stereocenters. The highest BCUT2D eigenvalue weighted by atomic mass is 16.5. The summed E-state index contributed by atoms with van der Waals surface area (Å²) < 4.78 is 16.9. The van der Waals surface area contributed by atoms with Gasteiger partial charge in [0.05, 0.1) is 13.7 Å². The van der Waals surface area contributed by atoms with Crippen LogP contribution in [-0.2, 0) is 0 Å². The van der Waals surface area contributed by atoms with E-state index < -0.39 is 0 Å². The number of aromatic nitrogens is 1. The third kappa shape index (κ3) is 3.77. The number of ether oxygens (including phenoxy) is 2. The van der Waals surface area contributed by atoms with Gasteiger partial charge in [-0.05, 0) is 41.8 Å². The summed E-state index contributed by atoms with van der Waals surface area (Å²) in [5, 5.41) is 0. The van der Waals surface area contributed by atoms with Crippen molar-refractivity contribution in [1.82, 2.24) is 4.98 Å². The van der Waals surface area contributed by atoms with Crippen molar-refractivity contribution in [2.45, 2.75) is 13.8 Å². The largest absolute Gasteiger partial charge is 0.493 e. The van der Waals surface area contributed by atoms with E-state index in [9.17, 15) is 0 Å². The van der Waals surface area contributed by atoms with Gasteiger partial charge in [-0.2, -0.15) is 0 Å². The molecule has 0 N–H and O–H groups in total. The van der Waals surface area contributed by atoms with Gasteiger partial charge >= 0.3 is 0 Å². The molecule has 0 amide bonds. The first-order valence-corrected chi connectivity index (χ1v) is 8.00. The van der Waals surface area contributed by atoms with Crippen LogP contribution in [0.25, 0.3) is 23.3 Å². The minimum Gasteiger partial charge on any atom is -0.493 e. The van der Waals surface area contributed by atoms with Crippen molar-refractivity contribution >= 4 is 23.3 Å². The van der Waals surface area contributed by atoms with Crippen LogP contribution < -0.4 is 9.47 Å². The molecule has 2 aromatic carbocycles. The van der Waals surface area contributed by atoms with Gasteiger partial charge in [0.2, 0.25) is 5.89 Å². The number of methoxy groups -OCH3 is 1. The maximum absolute atomic E-state index is 5.83. The first-order valence-electron chi connectivity index (χ1n) is 8.00. The summed E-state index contributed by atoms with van der Waals surface area (Å²) in [6.45, 7) is 4.88. The molecule has 0 spiro atoms. The predicted molar refractivity (Wildman–Crippen MR) is 96.3 cm³/mol. The van der Waals surface area contributed by atoms with Gasteiger partial charge in [-0.3, -0.25) is 0 Å². The molecule has 24 heavy (non-hydrogen) atoms. The number of rotatable bonds is 6. The summed E-state index contributed by atoms with van der Waals surface area (Å²) in [4.78, 5) is 4.43. The summed E-state index contributed by atoms with van der Waals surface area (Å²) in [6, 6.07) is 13.6. The summed E-state index contributed by atoms with van der Waals surface area (Å²) >= 11 is 0. The second-order valence-electron chi connectivity index (χ2n) is 5.97. The molecule has 0 saturated heterocycles. The first kappa shape index (κ1) is 16.1. The Hall–Kier alpha value is -2.75. The quantitative estimate of drug-likeness (QED) is 0.637. The van der Waals surface area contributed by atoms with Gasteiger partial charge in [-0.15, -0.1) is 0 Å². The third-order valence-electron chi connectivity index (χ3n) is 3.49. The van der Waals surface area contributed by atoms with Crippen LogP contribution in [0.4, 0.5) is 0 Å². The van der Waals surface area contributed by atoms with Crippen molar-refractivity contribution in [2.75, 3.05) is 13.7 Å². The number of oxazole rings is 1. The Kier molecular flexibility index (Phi) is 4.85. The van der Waals surface area contributed by atoms with E-state index in [1.807, 2.05) is 54.6 Å². The highest BCUT2D eigenvalue weighted by Crippen LogP contribution is 2.29. The van der Waals surface area contributed by atoms with Gasteiger partial charge in [0.15, 0.2) is 17.1 Å². The standard InChI is InChI=1S/C20H21NO3/c1-14(2)13-23-19-12-15(8-10-18(19)22-3)9-11-20-21-16-6-4-5-7-17(16)24-20/h4-12,14H,13H2,1-3H3. The third-order valence-corrected chi connectivity index (χ3v) is 3.49. The topological polar surface area (TPSA) is 44.5 Å². The number of hydrogen-bond donors (Lipinski definition) is 0. The van der Waals surface area contributed by atoms with Crippen LogP contribution in [0.15, 0.2) is 46.9 Å². The van der Waals surface area contributed by atoms with Crippen LogP contribution in [0.1, 0.15) is 25.3 Å². The molecule has 0 aliphatic heterocycles. The van der Waals surface area contributed by atoms with Gasteiger partial charge in [0.25, 0.3) is 0 Å². The van der Waals surface area contributed by atoms with Crippen molar-refractivity contribution in [2.24, 2.45) is 5.92 Å². The number of fused-ring (bicyclic) bond motifs is 1. The van der Waals surface area contributed by atoms with Crippen LogP contribution in [-0.4, -0.2) is 18.7 Å². The molecule has 0 radical (unpaired) electrons. The minimum absolute atomic E-state index is 0.452. The monoisotopic (exact) mass is 323 g/mol. The summed E-state index contributed by atoms with van der Waals surface area (Å²) in [5.74, 6) is 2.51. The second kappa shape index (κ2) is 7.21. The maximum atomic E-state index is 5.83. The van der Waals surface area contributed by atoms with Gasteiger partial charge < -0.3 is 13.9 Å². The molecule has 4 heteroatoms. The molecule has 0 bridgehead atoms. The summed E-state index contributed by atoms with van der Waals surface area (Å²) in [6.07, 6.45) is 3.81. The Labute approximate surface area is 141 Å². The van der Waals surface area contributed by atoms with Crippen LogP contribution in [0.5, 0.6) is 11.5 Å². The Bertz CT molecular complexity index is 816. The fourth-order valence-electron chi connectivity index (χ4n) is 2.30. The first-order chi connectivity index (χ1) is 11.7. The van der Waals surface area contributed by atoms with Gasteiger partial charge in [-0.1, -0.05) is 32.0 Å². The zero-order chi connectivity index (χ0) is 16.9. The van der Waals surface area contributed by atoms with E-state index in [1.54, 1.807) is 7.11 Å². The zero-order valence-corrected chi connectivity index (χ0v) is 14.2. The lowest BCUT2D eigenvalue weighted by molar-refractivity contribution is 0.257. The lowest BCUT2D eigenvalue weighted by atomic mass is 10.2. The molecule has 0 aliphatic carbocycles. The van der Waals surface area contributed by atoms with E-state index in [0.717, 1.165) is 28.2 Å². The molecule has 3 aromatic rings. The average Bonchev–Trinajstić information content (AvgIpc) is 3.01. The zero-order valence-electron chi connectivity index (χ0n) is 14.2. The Morgan fingerprint density at radius 3 is 2.67 bits per heavy atom. The molecule has 1 heterocycles. The Balaban J connectivity index is 1.81. The van der Waals surface area contributed by atoms with Crippen LogP contribution in [0, 0.1) is 5.92 Å². The average molecular weight is 323 g/mol. The molecule has 3 rings (SSSR count). The minimum atomic E-state index is 0.452. The van der Waals surface area contributed by atoms with E-state index in [4.69, 9.17) is 13.9 Å². The summed E-state index contributed by atoms with van der Waals surface area (Å²) in [5.41, 5.74) is 2.64. The highest BCUT2D eigenvalue weighted by molar-refractivity contribution is 5.76. The van der Waals surface area contributed by atoms with E-state index in [-0.39, 0.29) is 0 Å². The van der Waals surface area contributed by atoms with E-state index in [0.29, 0.717) is 18.4 Å². The SMILES string of the molecule is COc1ccc(C=Cc2nc3ccccc3o2)cc1OCC(C)C. The lowest BCUT2D eigenvalue weighted by Gasteiger charge is -2.12. The molecule has 4 nitrogen and oxygen atoms in total. The molecule has 124 valence electrons. The van der Waals surface area contributed by atoms with E-state index in [2.05, 4.69) is 18.8 Å². The highest BCUT2D eigenvalue weighted by Gasteiger charge is 2.06. The van der Waals surface area contributed by atoms with E-state index in [1.165, 1.54) is 0 Å². The van der Waals surface area contributed by atoms with Crippen molar-refractivity contribution < 1.29 is 13.9 Å². The van der Waals surface area contributed by atoms with Gasteiger partial charge in [-0.25, -0.2) is 4.98 Å². The summed E-state index contributed by atoms with van der Waals surface area (Å²) in [7, 11) is 1.64. The van der Waals surface area contributed by atoms with Crippen molar-refractivity contribution in [3.8, 4) is 11.5 Å². The van der Waals surface area contributed by atoms with Crippen molar-refractivity contribution in [3.05, 3.63) is 53.9 Å². The molecule has 0 aliphatic rings. The number of benzene rings is 2. The molecule has 1 aromatic heterocycles. The van der Waals surface area contributed by atoms with Crippen molar-refractivity contribution in [1.29, 1.82) is 0 Å². The second-order valence-corrected chi connectivity index (χ2v) is 5.97.